The van der Waals surface area contributed by atoms with Gasteiger partial charge in [-0.2, -0.15) is 13.2 Å². The minimum Gasteiger partial charge on any atom is -0.465 e. The van der Waals surface area contributed by atoms with Crippen molar-refractivity contribution in [2.75, 3.05) is 31.1 Å². The number of piperazine rings is 1. The zero-order chi connectivity index (χ0) is 20.1. The molecule has 1 aromatic rings. The number of hydrogen-bond acceptors (Lipinski definition) is 5. The van der Waals surface area contributed by atoms with Crippen molar-refractivity contribution in [3.8, 4) is 0 Å². The Morgan fingerprint density at radius 1 is 1.04 bits per heavy atom. The number of carbonyl (C=O) groups is 2. The monoisotopic (exact) mass is 399 g/mol. The van der Waals surface area contributed by atoms with Crippen LogP contribution in [0.3, 0.4) is 0 Å². The van der Waals surface area contributed by atoms with Gasteiger partial charge in [-0.05, 0) is 19.3 Å². The van der Waals surface area contributed by atoms with Crippen molar-refractivity contribution >= 4 is 17.9 Å². The summed E-state index contributed by atoms with van der Waals surface area (Å²) in [5.41, 5.74) is -0.891. The van der Waals surface area contributed by atoms with Gasteiger partial charge in [0.05, 0.1) is 11.5 Å². The van der Waals surface area contributed by atoms with E-state index in [9.17, 15) is 22.8 Å². The zero-order valence-electron chi connectivity index (χ0n) is 15.0. The van der Waals surface area contributed by atoms with Gasteiger partial charge in [0.25, 0.3) is 0 Å². The molecule has 1 aromatic heterocycles. The van der Waals surface area contributed by atoms with E-state index in [1.807, 2.05) is 9.80 Å². The molecule has 0 aliphatic carbocycles. The number of fused-ring (bicyclic) bond motifs is 2. The molecule has 11 heteroatoms. The van der Waals surface area contributed by atoms with Gasteiger partial charge in [-0.1, -0.05) is 0 Å². The Bertz CT molecular complexity index is 758. The normalized spacial score (nSPS) is 27.4. The number of rotatable bonds is 2. The quantitative estimate of drug-likeness (QED) is 0.814. The Morgan fingerprint density at radius 2 is 1.64 bits per heavy atom. The van der Waals surface area contributed by atoms with Crippen molar-refractivity contribution in [3.63, 3.8) is 0 Å². The van der Waals surface area contributed by atoms with Crippen LogP contribution in [-0.2, 0) is 11.0 Å². The first-order valence-electron chi connectivity index (χ1n) is 9.18. The van der Waals surface area contributed by atoms with Crippen LogP contribution in [0, 0.1) is 5.92 Å². The number of carboxylic acid groups (broad SMARTS) is 1. The number of hydrogen-bond donors (Lipinski definition) is 1. The zero-order valence-corrected chi connectivity index (χ0v) is 15.0. The molecule has 0 saturated carbocycles. The number of halogens is 3. The lowest BCUT2D eigenvalue weighted by Crippen LogP contribution is -2.57. The van der Waals surface area contributed by atoms with Gasteiger partial charge in [0.1, 0.15) is 0 Å². The van der Waals surface area contributed by atoms with Crippen LogP contribution in [0.2, 0.25) is 0 Å². The summed E-state index contributed by atoms with van der Waals surface area (Å²) < 4.78 is 38.1. The summed E-state index contributed by atoms with van der Waals surface area (Å²) in [6.45, 7) is 1.50. The molecule has 8 nitrogen and oxygen atoms in total. The van der Waals surface area contributed by atoms with E-state index in [1.165, 1.54) is 4.90 Å². The predicted octanol–water partition coefficient (Wildman–Crippen LogP) is 1.67. The highest BCUT2D eigenvalue weighted by Crippen LogP contribution is 2.35. The van der Waals surface area contributed by atoms with Crippen LogP contribution >= 0.6 is 0 Å². The smallest absolute Gasteiger partial charge is 0.419 e. The van der Waals surface area contributed by atoms with E-state index < -0.39 is 17.8 Å². The lowest BCUT2D eigenvalue weighted by molar-refractivity contribution is -0.139. The van der Waals surface area contributed by atoms with Gasteiger partial charge in [-0.15, -0.1) is 0 Å². The largest absolute Gasteiger partial charge is 0.465 e. The van der Waals surface area contributed by atoms with Crippen LogP contribution in [0.1, 0.15) is 24.8 Å². The molecule has 28 heavy (non-hydrogen) atoms. The molecule has 3 saturated heterocycles. The maximum atomic E-state index is 13.0. The fourth-order valence-electron chi connectivity index (χ4n) is 4.40. The van der Waals surface area contributed by atoms with Crippen LogP contribution < -0.4 is 4.90 Å². The van der Waals surface area contributed by atoms with Crippen LogP contribution in [0.15, 0.2) is 12.4 Å². The summed E-state index contributed by atoms with van der Waals surface area (Å²) >= 11 is 0. The third kappa shape index (κ3) is 3.33. The first-order chi connectivity index (χ1) is 13.2. The van der Waals surface area contributed by atoms with Crippen molar-refractivity contribution in [3.05, 3.63) is 18.0 Å². The summed E-state index contributed by atoms with van der Waals surface area (Å²) in [7, 11) is 0. The van der Waals surface area contributed by atoms with Crippen LogP contribution in [0.4, 0.5) is 23.9 Å². The van der Waals surface area contributed by atoms with Crippen molar-refractivity contribution in [1.29, 1.82) is 0 Å². The van der Waals surface area contributed by atoms with E-state index in [-0.39, 0.29) is 36.4 Å². The van der Waals surface area contributed by atoms with Crippen LogP contribution in [-0.4, -0.2) is 75.1 Å². The highest BCUT2D eigenvalue weighted by molar-refractivity contribution is 5.82. The van der Waals surface area contributed by atoms with Crippen LogP contribution in [0.5, 0.6) is 0 Å². The standard InChI is InChI=1S/C17H20F3N5O3/c18-17(19,20)11-5-21-15(22-6-11)24-8-12-1-2-13(9-24)25(12)14(26)10-3-4-23(7-10)16(27)28/h5-6,10,12-13H,1-4,7-9H2,(H,27,28)/t10-,12?,13?/m0/s1. The Hall–Kier alpha value is -2.59. The Kier molecular flexibility index (Phi) is 4.54. The fraction of sp³-hybridized carbons (Fsp3) is 0.647. The van der Waals surface area contributed by atoms with Crippen LogP contribution in [0.25, 0.3) is 0 Å². The second-order valence-electron chi connectivity index (χ2n) is 7.52. The molecule has 152 valence electrons. The Morgan fingerprint density at radius 3 is 2.14 bits per heavy atom. The van der Waals surface area contributed by atoms with E-state index in [0.717, 1.165) is 25.2 Å². The molecule has 3 aliphatic rings. The van der Waals surface area contributed by atoms with Gasteiger partial charge in [-0.25, -0.2) is 14.8 Å². The average molecular weight is 399 g/mol. The highest BCUT2D eigenvalue weighted by atomic mass is 19.4. The summed E-state index contributed by atoms with van der Waals surface area (Å²) in [5.74, 6) is -0.118. The van der Waals surface area contributed by atoms with E-state index in [2.05, 4.69) is 9.97 Å². The number of aromatic nitrogens is 2. The average Bonchev–Trinajstić information content (AvgIpc) is 3.24. The second-order valence-corrected chi connectivity index (χ2v) is 7.52. The number of carbonyl (C=O) groups excluding carboxylic acids is 1. The molecule has 4 heterocycles. The maximum absolute atomic E-state index is 13.0. The second kappa shape index (κ2) is 6.78. The van der Waals surface area contributed by atoms with Gasteiger partial charge in [0, 0.05) is 50.7 Å². The van der Waals surface area contributed by atoms with Crippen molar-refractivity contribution < 1.29 is 27.9 Å². The highest BCUT2D eigenvalue weighted by Gasteiger charge is 2.46. The third-order valence-electron chi connectivity index (χ3n) is 5.79. The minimum absolute atomic E-state index is 0.0239. The maximum Gasteiger partial charge on any atom is 0.419 e. The molecule has 2 amide bonds. The number of amides is 2. The predicted molar refractivity (Wildman–Crippen MR) is 90.6 cm³/mol. The number of likely N-dealkylation sites (tertiary alicyclic amines) is 1. The fourth-order valence-corrected chi connectivity index (χ4v) is 4.40. The van der Waals surface area contributed by atoms with E-state index in [0.29, 0.717) is 26.1 Å². The Labute approximate surface area is 158 Å². The molecule has 4 rings (SSSR count). The SMILES string of the molecule is O=C(O)N1CC[C@H](C(=O)N2C3CCC2CN(c2ncc(C(F)(F)F)cn2)C3)C1. The van der Waals surface area contributed by atoms with Gasteiger partial charge in [0.2, 0.25) is 11.9 Å². The molecule has 3 atom stereocenters. The minimum atomic E-state index is -4.48. The molecular formula is C17H20F3N5O3. The van der Waals surface area contributed by atoms with Crippen molar-refractivity contribution in [2.45, 2.75) is 37.5 Å². The van der Waals surface area contributed by atoms with E-state index in [4.69, 9.17) is 5.11 Å². The molecule has 2 unspecified atom stereocenters. The molecule has 3 aliphatic heterocycles. The first-order valence-corrected chi connectivity index (χ1v) is 9.18. The third-order valence-corrected chi connectivity index (χ3v) is 5.79. The molecular weight excluding hydrogens is 379 g/mol. The molecule has 2 bridgehead atoms. The topological polar surface area (TPSA) is 89.9 Å². The lowest BCUT2D eigenvalue weighted by Gasteiger charge is -2.42. The van der Waals surface area contributed by atoms with Gasteiger partial charge < -0.3 is 19.8 Å². The lowest BCUT2D eigenvalue weighted by atomic mass is 10.0. The number of nitrogens with zero attached hydrogens (tertiary/aromatic N) is 5. The van der Waals surface area contributed by atoms with Crippen molar-refractivity contribution in [2.24, 2.45) is 5.92 Å². The van der Waals surface area contributed by atoms with Gasteiger partial charge in [0.15, 0.2) is 0 Å². The first kappa shape index (κ1) is 18.8. The number of anilines is 1. The summed E-state index contributed by atoms with van der Waals surface area (Å²) in [6.07, 6.45) is -1.80. The molecule has 0 spiro atoms. The van der Waals surface area contributed by atoms with Gasteiger partial charge >= 0.3 is 12.3 Å². The summed E-state index contributed by atoms with van der Waals surface area (Å²) in [6, 6.07) is -0.118. The summed E-state index contributed by atoms with van der Waals surface area (Å²) in [5, 5.41) is 9.08. The molecule has 0 aromatic carbocycles. The van der Waals surface area contributed by atoms with Gasteiger partial charge in [-0.3, -0.25) is 4.79 Å². The summed E-state index contributed by atoms with van der Waals surface area (Å²) in [4.78, 5) is 36.7. The van der Waals surface area contributed by atoms with E-state index in [1.54, 1.807) is 0 Å². The van der Waals surface area contributed by atoms with Crippen molar-refractivity contribution in [1.82, 2.24) is 19.8 Å². The molecule has 0 radical (unpaired) electrons. The van der Waals surface area contributed by atoms with E-state index >= 15 is 0 Å². The number of alkyl halides is 3. The molecule has 3 fully saturated rings. The molecule has 1 N–H and O–H groups in total. The Balaban J connectivity index is 1.43.